The van der Waals surface area contributed by atoms with Crippen LogP contribution >= 0.6 is 0 Å². The van der Waals surface area contributed by atoms with E-state index in [1.807, 2.05) is 0 Å². The summed E-state index contributed by atoms with van der Waals surface area (Å²) in [5, 5.41) is 11.5. The van der Waals surface area contributed by atoms with Gasteiger partial charge in [-0.05, 0) is 25.1 Å². The molecule has 1 aromatic carbocycles. The molecular formula is C16H15N3O3. The number of carboxylic acid groups (broad SMARTS) is 1. The number of anilines is 1. The normalized spacial score (nSPS) is 11.0. The van der Waals surface area contributed by atoms with E-state index in [1.165, 1.54) is 0 Å². The molecule has 2 aromatic rings. The van der Waals surface area contributed by atoms with Crippen LogP contribution in [0.25, 0.3) is 0 Å². The summed E-state index contributed by atoms with van der Waals surface area (Å²) in [7, 11) is 0. The quantitative estimate of drug-likeness (QED) is 0.828. The smallest absolute Gasteiger partial charge is 0.325 e. The summed E-state index contributed by atoms with van der Waals surface area (Å²) < 4.78 is 0. The van der Waals surface area contributed by atoms with Crippen LogP contribution in [0.1, 0.15) is 23.0 Å². The highest BCUT2D eigenvalue weighted by atomic mass is 16.4. The maximum atomic E-state index is 12.1. The third-order valence-electron chi connectivity index (χ3n) is 2.91. The second kappa shape index (κ2) is 7.12. The molecule has 0 fully saturated rings. The van der Waals surface area contributed by atoms with Gasteiger partial charge in [0, 0.05) is 17.5 Å². The molecule has 0 radical (unpaired) electrons. The molecule has 1 heterocycles. The number of aliphatic imine (C=N–C) groups is 1. The summed E-state index contributed by atoms with van der Waals surface area (Å²) in [6, 6.07) is 12.2. The number of aliphatic carboxylic acids is 1. The number of hydrogen-bond acceptors (Lipinski definition) is 4. The number of carbonyl (C=O) groups excluding carboxylic acids is 1. The maximum Gasteiger partial charge on any atom is 0.325 e. The minimum Gasteiger partial charge on any atom is -0.480 e. The van der Waals surface area contributed by atoms with Crippen LogP contribution in [-0.2, 0) is 4.79 Å². The van der Waals surface area contributed by atoms with Gasteiger partial charge in [-0.25, -0.2) is 0 Å². The number of aromatic nitrogens is 1. The number of para-hydroxylation sites is 1. The van der Waals surface area contributed by atoms with E-state index in [0.717, 1.165) is 0 Å². The highest BCUT2D eigenvalue weighted by Gasteiger charge is 2.11. The molecule has 22 heavy (non-hydrogen) atoms. The fourth-order valence-electron chi connectivity index (χ4n) is 1.86. The van der Waals surface area contributed by atoms with Gasteiger partial charge in [0.05, 0.1) is 5.69 Å². The molecular weight excluding hydrogens is 282 g/mol. The topological polar surface area (TPSA) is 91.6 Å². The van der Waals surface area contributed by atoms with Crippen molar-refractivity contribution in [3.63, 3.8) is 0 Å². The first-order valence-corrected chi connectivity index (χ1v) is 6.62. The lowest BCUT2D eigenvalue weighted by Gasteiger charge is -2.10. The lowest BCUT2D eigenvalue weighted by Crippen LogP contribution is -2.16. The lowest BCUT2D eigenvalue weighted by molar-refractivity contribution is -0.135. The van der Waals surface area contributed by atoms with Crippen molar-refractivity contribution in [3.8, 4) is 0 Å². The summed E-state index contributed by atoms with van der Waals surface area (Å²) in [6.45, 7) is 1.39. The Kier molecular flexibility index (Phi) is 4.98. The zero-order valence-corrected chi connectivity index (χ0v) is 12.0. The third kappa shape index (κ3) is 3.99. The first-order valence-electron chi connectivity index (χ1n) is 6.62. The molecule has 1 aromatic heterocycles. The number of carbonyl (C=O) groups is 2. The molecule has 6 nitrogen and oxygen atoms in total. The Balaban J connectivity index is 2.23. The monoisotopic (exact) mass is 297 g/mol. The van der Waals surface area contributed by atoms with Gasteiger partial charge in [-0.15, -0.1) is 0 Å². The van der Waals surface area contributed by atoms with E-state index >= 15 is 0 Å². The van der Waals surface area contributed by atoms with Crippen molar-refractivity contribution >= 4 is 23.3 Å². The molecule has 0 saturated heterocycles. The van der Waals surface area contributed by atoms with Gasteiger partial charge in [-0.1, -0.05) is 24.3 Å². The lowest BCUT2D eigenvalue weighted by atomic mass is 10.1. The van der Waals surface area contributed by atoms with Crippen molar-refractivity contribution in [1.29, 1.82) is 0 Å². The second-order valence-electron chi connectivity index (χ2n) is 4.51. The predicted octanol–water partition coefficient (Wildman–Crippen LogP) is 2.23. The molecule has 2 N–H and O–H groups in total. The van der Waals surface area contributed by atoms with Gasteiger partial charge in [-0.2, -0.15) is 0 Å². The average molecular weight is 297 g/mol. The van der Waals surface area contributed by atoms with E-state index in [2.05, 4.69) is 15.3 Å². The minimum atomic E-state index is -1.01. The summed E-state index contributed by atoms with van der Waals surface area (Å²) in [6.07, 6.45) is 1.54. The predicted molar refractivity (Wildman–Crippen MR) is 83.3 cm³/mol. The number of pyridine rings is 1. The Hall–Kier alpha value is -3.02. The number of hydrogen-bond donors (Lipinski definition) is 2. The zero-order valence-electron chi connectivity index (χ0n) is 12.0. The third-order valence-corrected chi connectivity index (χ3v) is 2.91. The van der Waals surface area contributed by atoms with E-state index in [-0.39, 0.29) is 12.5 Å². The number of benzene rings is 1. The van der Waals surface area contributed by atoms with Gasteiger partial charge >= 0.3 is 5.97 Å². The first-order chi connectivity index (χ1) is 10.6. The van der Waals surface area contributed by atoms with Crippen LogP contribution in [0.3, 0.4) is 0 Å². The number of nitrogens with one attached hydrogen (secondary N) is 1. The number of carboxylic acids is 1. The van der Waals surface area contributed by atoms with Crippen molar-refractivity contribution in [3.05, 3.63) is 59.9 Å². The zero-order chi connectivity index (χ0) is 15.9. The molecule has 0 unspecified atom stereocenters. The summed E-state index contributed by atoms with van der Waals surface area (Å²) in [4.78, 5) is 30.7. The Morgan fingerprint density at radius 1 is 1.18 bits per heavy atom. The van der Waals surface area contributed by atoms with Crippen LogP contribution in [0, 0.1) is 0 Å². The van der Waals surface area contributed by atoms with E-state index in [9.17, 15) is 9.59 Å². The molecule has 0 bridgehead atoms. The fraction of sp³-hybridized carbons (Fsp3) is 0.125. The fourth-order valence-corrected chi connectivity index (χ4v) is 1.86. The van der Waals surface area contributed by atoms with Crippen molar-refractivity contribution in [1.82, 2.24) is 4.98 Å². The minimum absolute atomic E-state index is 0.303. The van der Waals surface area contributed by atoms with Crippen molar-refractivity contribution in [2.45, 2.75) is 6.92 Å². The second-order valence-corrected chi connectivity index (χ2v) is 4.51. The highest BCUT2D eigenvalue weighted by molar-refractivity contribution is 6.10. The Labute approximate surface area is 127 Å². The van der Waals surface area contributed by atoms with Crippen LogP contribution in [0.2, 0.25) is 0 Å². The Morgan fingerprint density at radius 2 is 1.91 bits per heavy atom. The van der Waals surface area contributed by atoms with Crippen LogP contribution in [0.5, 0.6) is 0 Å². The molecule has 0 aliphatic heterocycles. The molecule has 0 saturated carbocycles. The molecule has 2 rings (SSSR count). The number of rotatable bonds is 5. The molecule has 0 aliphatic rings. The van der Waals surface area contributed by atoms with Gasteiger partial charge in [0.2, 0.25) is 0 Å². The van der Waals surface area contributed by atoms with Gasteiger partial charge in [0.1, 0.15) is 12.2 Å². The van der Waals surface area contributed by atoms with Crippen molar-refractivity contribution in [2.75, 3.05) is 11.9 Å². The van der Waals surface area contributed by atoms with Crippen molar-refractivity contribution < 1.29 is 14.7 Å². The average Bonchev–Trinajstić information content (AvgIpc) is 2.54. The molecule has 0 atom stereocenters. The van der Waals surface area contributed by atoms with Gasteiger partial charge < -0.3 is 10.4 Å². The van der Waals surface area contributed by atoms with Crippen LogP contribution in [0.15, 0.2) is 53.7 Å². The number of amides is 1. The van der Waals surface area contributed by atoms with Crippen LogP contribution in [0.4, 0.5) is 5.69 Å². The largest absolute Gasteiger partial charge is 0.480 e. The maximum absolute atomic E-state index is 12.1. The SMILES string of the molecule is CC(=NCC(=O)O)c1ccccc1NC(=O)c1ccccn1. The molecule has 0 aliphatic carbocycles. The molecule has 1 amide bonds. The van der Waals surface area contributed by atoms with E-state index in [0.29, 0.717) is 22.7 Å². The highest BCUT2D eigenvalue weighted by Crippen LogP contribution is 2.17. The number of nitrogens with zero attached hydrogens (tertiary/aromatic N) is 2. The van der Waals surface area contributed by atoms with E-state index in [1.54, 1.807) is 55.6 Å². The summed E-state index contributed by atoms with van der Waals surface area (Å²) in [5.74, 6) is -1.34. The van der Waals surface area contributed by atoms with Gasteiger partial charge in [0.25, 0.3) is 5.91 Å². The van der Waals surface area contributed by atoms with Crippen molar-refractivity contribution in [2.24, 2.45) is 4.99 Å². The molecule has 112 valence electrons. The van der Waals surface area contributed by atoms with E-state index in [4.69, 9.17) is 5.11 Å². The van der Waals surface area contributed by atoms with Crippen LogP contribution in [-0.4, -0.2) is 34.2 Å². The first kappa shape index (κ1) is 15.4. The van der Waals surface area contributed by atoms with E-state index < -0.39 is 5.97 Å². The van der Waals surface area contributed by atoms with Crippen LogP contribution < -0.4 is 5.32 Å². The summed E-state index contributed by atoms with van der Waals surface area (Å²) >= 11 is 0. The van der Waals surface area contributed by atoms with Gasteiger partial charge in [0.15, 0.2) is 0 Å². The Morgan fingerprint density at radius 3 is 2.59 bits per heavy atom. The molecule has 0 spiro atoms. The van der Waals surface area contributed by atoms with Gasteiger partial charge in [-0.3, -0.25) is 19.6 Å². The Bertz CT molecular complexity index is 712. The molecule has 6 heteroatoms. The summed E-state index contributed by atoms with van der Waals surface area (Å²) in [5.41, 5.74) is 2.08. The standard InChI is InChI=1S/C16H15N3O3/c1-11(18-10-15(20)21)12-6-2-3-7-13(12)19-16(22)14-8-4-5-9-17-14/h2-9H,10H2,1H3,(H,19,22)(H,20,21).